The van der Waals surface area contributed by atoms with Crippen molar-refractivity contribution < 1.29 is 35.7 Å². The van der Waals surface area contributed by atoms with Crippen molar-refractivity contribution >= 4 is 69.8 Å². The molecule has 112 valence electrons. The van der Waals surface area contributed by atoms with Gasteiger partial charge in [0.2, 0.25) is 0 Å². The molecule has 0 unspecified atom stereocenters. The minimum absolute atomic E-state index is 1.09. The summed E-state index contributed by atoms with van der Waals surface area (Å²) < 4.78 is 93.5. The van der Waals surface area contributed by atoms with Crippen molar-refractivity contribution in [1.82, 2.24) is 0 Å². The molecule has 0 aliphatic rings. The van der Waals surface area contributed by atoms with Crippen LogP contribution >= 0.6 is 0 Å². The second-order valence-corrected chi connectivity index (χ2v) is 51.5. The van der Waals surface area contributed by atoms with Crippen LogP contribution in [0.25, 0.3) is 0 Å². The maximum atomic E-state index is 12.0. The van der Waals surface area contributed by atoms with Crippen molar-refractivity contribution in [2.75, 3.05) is 0 Å². The van der Waals surface area contributed by atoms with Crippen LogP contribution in [-0.4, -0.2) is 69.8 Å². The Morgan fingerprint density at radius 1 is 0.524 bits per heavy atom. The van der Waals surface area contributed by atoms with E-state index in [0.717, 1.165) is 6.55 Å². The third-order valence-corrected chi connectivity index (χ3v) is 68.1. The van der Waals surface area contributed by atoms with E-state index in [9.17, 15) is 35.7 Å². The lowest BCUT2D eigenvalue weighted by Crippen LogP contribution is -2.54. The molecule has 0 bridgehead atoms. The zero-order valence-corrected chi connectivity index (χ0v) is 20.8. The van der Waals surface area contributed by atoms with E-state index in [1.54, 1.807) is 19.6 Å². The van der Waals surface area contributed by atoms with Gasteiger partial charge in [0.15, 0.2) is 0 Å². The van der Waals surface area contributed by atoms with Crippen molar-refractivity contribution in [2.24, 2.45) is 0 Å². The van der Waals surface area contributed by atoms with Crippen LogP contribution in [0.5, 0.6) is 0 Å². The third kappa shape index (κ3) is 5.81. The van der Waals surface area contributed by atoms with E-state index in [1.165, 1.54) is 0 Å². The van der Waals surface area contributed by atoms with Gasteiger partial charge in [0.1, 0.15) is 7.59 Å². The molecule has 0 aromatic carbocycles. The van der Waals surface area contributed by atoms with Crippen molar-refractivity contribution in [3.63, 3.8) is 0 Å². The van der Waals surface area contributed by atoms with Gasteiger partial charge in [-0.1, -0.05) is 19.6 Å². The normalized spacial score (nSPS) is 10.5. The topological polar surface area (TPSA) is 137 Å². The predicted molar refractivity (Wildman–Crippen MR) is 80.7 cm³/mol. The molecule has 0 heterocycles. The first kappa shape index (κ1) is 21.4. The Hall–Kier alpha value is 0.352. The van der Waals surface area contributed by atoms with Crippen molar-refractivity contribution in [2.45, 2.75) is 26.2 Å². The first-order valence-corrected chi connectivity index (χ1v) is 28.9. The van der Waals surface area contributed by atoms with Gasteiger partial charge in [-0.05, 0) is 6.55 Å². The molecule has 0 N–H and O–H groups in total. The average Bonchev–Trinajstić information content (AvgIpc) is 2.40. The van der Waals surface area contributed by atoms with Crippen LogP contribution in [0.1, 0.15) is 0 Å². The second kappa shape index (κ2) is 8.27. The zero-order chi connectivity index (χ0) is 17.1. The Kier molecular flexibility index (Phi) is 8.41. The molecule has 0 radical (unpaired) electrons. The van der Waals surface area contributed by atoms with Gasteiger partial charge in [0.05, 0.1) is 0 Å². The van der Waals surface area contributed by atoms with Gasteiger partial charge in [-0.25, -0.2) is 0 Å². The Bertz CT molecular complexity index is 612. The van der Waals surface area contributed by atoms with Gasteiger partial charge in [-0.2, -0.15) is 0 Å². The molecule has 0 atom stereocenters. The molecule has 0 saturated heterocycles. The fourth-order valence-electron chi connectivity index (χ4n) is 1.02. The predicted octanol–water partition coefficient (Wildman–Crippen LogP) is -2.04. The van der Waals surface area contributed by atoms with Crippen LogP contribution in [0, 0.1) is 0 Å². The molecule has 17 heteroatoms. The highest BCUT2D eigenvalue weighted by Crippen LogP contribution is 2.00. The van der Waals surface area contributed by atoms with Gasteiger partial charge < -0.3 is 35.7 Å². The van der Waals surface area contributed by atoms with E-state index >= 15 is 0 Å². The molecule has 0 aromatic heterocycles. The van der Waals surface area contributed by atoms with Gasteiger partial charge in [-0.3, -0.25) is 0 Å². The lowest BCUT2D eigenvalue weighted by atomic mass is 11.8. The van der Waals surface area contributed by atoms with Crippen LogP contribution in [0.4, 0.5) is 0 Å². The Labute approximate surface area is 131 Å². The fraction of sp³-hybridized carbons (Fsp3) is 1.00. The van der Waals surface area contributed by atoms with E-state index < -0.39 is 69.8 Å². The fourth-order valence-corrected chi connectivity index (χ4v) is 89.8. The molecule has 0 aliphatic heterocycles. The van der Waals surface area contributed by atoms with Gasteiger partial charge >= 0.3 is 62.2 Å². The molecule has 0 fully saturated rings. The summed E-state index contributed by atoms with van der Waals surface area (Å²) in [6.45, 7) is 6.09. The molecule has 21 heavy (non-hydrogen) atoms. The highest BCUT2D eigenvalue weighted by molar-refractivity contribution is 7.76. The number of hydrogen-bond acceptors (Lipinski definition) is 8. The smallest absolute Gasteiger partial charge is 0.381 e. The zero-order valence-electron chi connectivity index (χ0n) is 11.8. The van der Waals surface area contributed by atoms with Crippen molar-refractivity contribution in [3.8, 4) is 0 Å². The molecular weight excluding hydrogens is 429 g/mol. The SMILES string of the molecule is C[Si](=O)[Si](=O)[Si](=O)[Si](=O)[Si](=O)[Si](=O)[Si](=O)[Si](=O)[Si](C)(C)C. The van der Waals surface area contributed by atoms with Crippen LogP contribution in [0.15, 0.2) is 0 Å². The molecule has 0 aromatic rings. The molecule has 0 rings (SSSR count). The first-order chi connectivity index (χ1) is 9.32. The standard InChI is InChI=1S/C4H12O8Si9/c1-13(5)14(6)15(7)16(8)17(9)18(10)19(11)20(12)21(2,3)4/h1-4H3. The summed E-state index contributed by atoms with van der Waals surface area (Å²) >= 11 is 0. The summed E-state index contributed by atoms with van der Waals surface area (Å²) in [6.07, 6.45) is 0. The van der Waals surface area contributed by atoms with Crippen LogP contribution in [0.3, 0.4) is 0 Å². The summed E-state index contributed by atoms with van der Waals surface area (Å²) in [5.74, 6) is 0. The maximum Gasteiger partial charge on any atom is 0.381 e. The summed E-state index contributed by atoms with van der Waals surface area (Å²) in [7, 11) is -27.5. The number of rotatable bonds is 8. The highest BCUT2D eigenvalue weighted by Gasteiger charge is 2.50. The second-order valence-electron chi connectivity index (χ2n) is 5.11. The summed E-state index contributed by atoms with van der Waals surface area (Å²) in [5.41, 5.74) is 0. The van der Waals surface area contributed by atoms with Crippen molar-refractivity contribution in [3.05, 3.63) is 0 Å². The lowest BCUT2D eigenvalue weighted by molar-refractivity contribution is 0.535. The Balaban J connectivity index is 5.25. The summed E-state index contributed by atoms with van der Waals surface area (Å²) in [6, 6.07) is 0. The highest BCUT2D eigenvalue weighted by atomic mass is 30.0. The lowest BCUT2D eigenvalue weighted by Gasteiger charge is -2.08. The Morgan fingerprint density at radius 3 is 1.10 bits per heavy atom. The van der Waals surface area contributed by atoms with E-state index in [4.69, 9.17) is 0 Å². The van der Waals surface area contributed by atoms with E-state index in [2.05, 4.69) is 0 Å². The van der Waals surface area contributed by atoms with Gasteiger partial charge in [0.25, 0.3) is 0 Å². The van der Waals surface area contributed by atoms with Crippen LogP contribution in [-0.2, 0) is 35.7 Å². The first-order valence-electron chi connectivity index (χ1n) is 5.63. The monoisotopic (exact) mass is 440 g/mol. The summed E-state index contributed by atoms with van der Waals surface area (Å²) in [5, 5.41) is 0. The minimum Gasteiger partial charge on any atom is -0.389 e. The van der Waals surface area contributed by atoms with E-state index in [-0.39, 0.29) is 0 Å². The third-order valence-electron chi connectivity index (χ3n) is 2.24. The van der Waals surface area contributed by atoms with Crippen LogP contribution < -0.4 is 0 Å². The maximum absolute atomic E-state index is 12.0. The molecule has 0 spiro atoms. The van der Waals surface area contributed by atoms with Gasteiger partial charge in [-0.15, -0.1) is 0 Å². The largest absolute Gasteiger partial charge is 0.389 e. The van der Waals surface area contributed by atoms with Crippen molar-refractivity contribution in [1.29, 1.82) is 0 Å². The van der Waals surface area contributed by atoms with Gasteiger partial charge in [0, 0.05) is 0 Å². The van der Waals surface area contributed by atoms with Crippen LogP contribution in [0.2, 0.25) is 26.2 Å². The average molecular weight is 441 g/mol. The van der Waals surface area contributed by atoms with E-state index in [0.29, 0.717) is 0 Å². The minimum atomic E-state index is -3.47. The summed E-state index contributed by atoms with van der Waals surface area (Å²) in [4.78, 5) is 0. The van der Waals surface area contributed by atoms with E-state index in [1.807, 2.05) is 0 Å². The molecule has 0 amide bonds. The molecular formula is C4H12O8Si9. The molecule has 0 aliphatic carbocycles. The number of hydrogen-bond donors (Lipinski definition) is 0. The molecule has 0 saturated carbocycles. The molecule has 8 nitrogen and oxygen atoms in total. The quantitative estimate of drug-likeness (QED) is 0.393. The Morgan fingerprint density at radius 2 is 0.810 bits per heavy atom.